The van der Waals surface area contributed by atoms with Gasteiger partial charge in [-0.05, 0) is 12.1 Å². The fraction of sp³-hybridized carbons (Fsp3) is 0.471. The van der Waals surface area contributed by atoms with Crippen LogP contribution in [0.5, 0.6) is 17.2 Å². The molecule has 1 aromatic rings. The third-order valence-electron chi connectivity index (χ3n) is 3.36. The lowest BCUT2D eigenvalue weighted by Crippen LogP contribution is -2.33. The molecule has 27 heavy (non-hydrogen) atoms. The number of methoxy groups -OCH3 is 1. The van der Waals surface area contributed by atoms with Crippen LogP contribution in [-0.4, -0.2) is 71.0 Å². The third-order valence-corrected chi connectivity index (χ3v) is 3.36. The molecule has 0 radical (unpaired) electrons. The number of hydrogen-bond acceptors (Lipinski definition) is 8. The third kappa shape index (κ3) is 7.02. The van der Waals surface area contributed by atoms with Gasteiger partial charge in [0.25, 0.3) is 11.8 Å². The number of para-hydroxylation sites is 1. The van der Waals surface area contributed by atoms with Crippen molar-refractivity contribution in [1.29, 1.82) is 0 Å². The standard InChI is InChI=1S/C17H22N2O8/c1-23-16(22)11-26-13-4-2-3-12-17(13)27-10-15(21)19-6-8-24-7-5-18-14(20)9-25-12/h2-4H,5-11H2,1H3,(H,18,20)(H,19,21). The van der Waals surface area contributed by atoms with Crippen molar-refractivity contribution in [3.05, 3.63) is 18.2 Å². The minimum Gasteiger partial charge on any atom is -0.480 e. The van der Waals surface area contributed by atoms with Crippen LogP contribution in [0.2, 0.25) is 0 Å². The number of hydrogen-bond donors (Lipinski definition) is 2. The van der Waals surface area contributed by atoms with Gasteiger partial charge in [0, 0.05) is 13.1 Å². The molecule has 0 aromatic heterocycles. The monoisotopic (exact) mass is 382 g/mol. The van der Waals surface area contributed by atoms with E-state index >= 15 is 0 Å². The summed E-state index contributed by atoms with van der Waals surface area (Å²) in [4.78, 5) is 35.0. The summed E-state index contributed by atoms with van der Waals surface area (Å²) < 4.78 is 26.2. The highest BCUT2D eigenvalue weighted by Crippen LogP contribution is 2.37. The first kappa shape index (κ1) is 20.3. The van der Waals surface area contributed by atoms with Gasteiger partial charge in [-0.3, -0.25) is 9.59 Å². The van der Waals surface area contributed by atoms with Gasteiger partial charge < -0.3 is 34.3 Å². The van der Waals surface area contributed by atoms with Crippen molar-refractivity contribution in [3.63, 3.8) is 0 Å². The van der Waals surface area contributed by atoms with Crippen molar-refractivity contribution >= 4 is 17.8 Å². The molecule has 0 fully saturated rings. The molecule has 1 aromatic carbocycles. The quantitative estimate of drug-likeness (QED) is 0.656. The van der Waals surface area contributed by atoms with E-state index in [1.54, 1.807) is 18.2 Å². The fourth-order valence-corrected chi connectivity index (χ4v) is 2.07. The smallest absolute Gasteiger partial charge is 0.343 e. The van der Waals surface area contributed by atoms with Gasteiger partial charge >= 0.3 is 5.97 Å². The lowest BCUT2D eigenvalue weighted by atomic mass is 10.3. The molecular formula is C17H22N2O8. The molecule has 0 unspecified atom stereocenters. The number of esters is 1. The minimum absolute atomic E-state index is 0.107. The summed E-state index contributed by atoms with van der Waals surface area (Å²) in [5.74, 6) is -0.797. The van der Waals surface area contributed by atoms with Crippen LogP contribution in [0.4, 0.5) is 0 Å². The van der Waals surface area contributed by atoms with Crippen LogP contribution in [-0.2, 0) is 23.9 Å². The summed E-state index contributed by atoms with van der Waals surface area (Å²) in [6, 6.07) is 4.71. The van der Waals surface area contributed by atoms with E-state index in [-0.39, 0.29) is 48.9 Å². The summed E-state index contributed by atoms with van der Waals surface area (Å²) in [5, 5.41) is 5.28. The second kappa shape index (κ2) is 10.9. The van der Waals surface area contributed by atoms with E-state index < -0.39 is 5.97 Å². The van der Waals surface area contributed by atoms with Crippen LogP contribution in [0.25, 0.3) is 0 Å². The van der Waals surface area contributed by atoms with Crippen LogP contribution < -0.4 is 24.8 Å². The molecule has 148 valence electrons. The molecule has 2 rings (SSSR count). The number of fused-ring (bicyclic) bond motifs is 1. The molecule has 10 heteroatoms. The van der Waals surface area contributed by atoms with Crippen LogP contribution in [0.1, 0.15) is 0 Å². The van der Waals surface area contributed by atoms with E-state index in [9.17, 15) is 14.4 Å². The molecule has 0 atom stereocenters. The van der Waals surface area contributed by atoms with Gasteiger partial charge in [0.05, 0.1) is 20.3 Å². The Morgan fingerprint density at radius 2 is 1.74 bits per heavy atom. The van der Waals surface area contributed by atoms with Gasteiger partial charge in [0.15, 0.2) is 31.3 Å². The lowest BCUT2D eigenvalue weighted by molar-refractivity contribution is -0.143. The summed E-state index contributed by atoms with van der Waals surface area (Å²) in [6.07, 6.45) is 0. The van der Waals surface area contributed by atoms with E-state index in [0.717, 1.165) is 0 Å². The molecule has 1 heterocycles. The topological polar surface area (TPSA) is 121 Å². The Hall–Kier alpha value is -3.01. The summed E-state index contributed by atoms with van der Waals surface area (Å²) in [7, 11) is 1.24. The molecule has 10 nitrogen and oxygen atoms in total. The maximum Gasteiger partial charge on any atom is 0.343 e. The first-order valence-corrected chi connectivity index (χ1v) is 8.29. The van der Waals surface area contributed by atoms with Gasteiger partial charge in [-0.25, -0.2) is 4.79 Å². The molecule has 2 amide bonds. The Balaban J connectivity index is 2.17. The lowest BCUT2D eigenvalue weighted by Gasteiger charge is -2.16. The van der Waals surface area contributed by atoms with Crippen molar-refractivity contribution in [3.8, 4) is 17.2 Å². The van der Waals surface area contributed by atoms with Crippen LogP contribution in [0.3, 0.4) is 0 Å². The van der Waals surface area contributed by atoms with E-state index in [4.69, 9.17) is 18.9 Å². The fourth-order valence-electron chi connectivity index (χ4n) is 2.07. The Bertz CT molecular complexity index is 664. The van der Waals surface area contributed by atoms with Crippen molar-refractivity contribution in [2.75, 3.05) is 53.2 Å². The average molecular weight is 382 g/mol. The molecule has 0 bridgehead atoms. The second-order valence-corrected chi connectivity index (χ2v) is 5.34. The van der Waals surface area contributed by atoms with Gasteiger partial charge in [-0.1, -0.05) is 6.07 Å². The highest BCUT2D eigenvalue weighted by Gasteiger charge is 2.17. The predicted molar refractivity (Wildman–Crippen MR) is 91.8 cm³/mol. The first-order valence-electron chi connectivity index (χ1n) is 8.29. The highest BCUT2D eigenvalue weighted by molar-refractivity contribution is 5.78. The molecule has 0 saturated carbocycles. The Morgan fingerprint density at radius 1 is 1.07 bits per heavy atom. The average Bonchev–Trinajstić information content (AvgIpc) is 2.68. The number of rotatable bonds is 3. The summed E-state index contributed by atoms with van der Waals surface area (Å²) in [5.41, 5.74) is 0. The summed E-state index contributed by atoms with van der Waals surface area (Å²) in [6.45, 7) is 0.342. The van der Waals surface area contributed by atoms with Crippen molar-refractivity contribution in [2.45, 2.75) is 0 Å². The number of carbonyl (C=O) groups is 3. The van der Waals surface area contributed by atoms with Crippen LogP contribution in [0, 0.1) is 0 Å². The largest absolute Gasteiger partial charge is 0.480 e. The SMILES string of the molecule is COC(=O)COc1cccc2c1OCC(=O)NCCOCCNC(=O)CO2. The van der Waals surface area contributed by atoms with Crippen LogP contribution in [0.15, 0.2) is 18.2 Å². The van der Waals surface area contributed by atoms with Gasteiger partial charge in [-0.2, -0.15) is 0 Å². The second-order valence-electron chi connectivity index (χ2n) is 5.34. The molecule has 1 aliphatic heterocycles. The maximum atomic E-state index is 11.9. The molecule has 2 N–H and O–H groups in total. The normalized spacial score (nSPS) is 16.2. The Labute approximate surface area is 156 Å². The number of benzene rings is 1. The molecular weight excluding hydrogens is 360 g/mol. The molecule has 0 saturated heterocycles. The van der Waals surface area contributed by atoms with Gasteiger partial charge in [0.2, 0.25) is 5.75 Å². The number of carbonyl (C=O) groups excluding carboxylic acids is 3. The Kier molecular flexibility index (Phi) is 8.17. The number of nitrogens with one attached hydrogen (secondary N) is 2. The van der Waals surface area contributed by atoms with E-state index in [0.29, 0.717) is 26.3 Å². The minimum atomic E-state index is -0.581. The number of amides is 2. The molecule has 1 aliphatic rings. The zero-order valence-corrected chi connectivity index (χ0v) is 14.9. The van der Waals surface area contributed by atoms with Crippen LogP contribution >= 0.6 is 0 Å². The van der Waals surface area contributed by atoms with E-state index in [1.165, 1.54) is 7.11 Å². The zero-order valence-electron chi connectivity index (χ0n) is 14.9. The highest BCUT2D eigenvalue weighted by atomic mass is 16.6. The van der Waals surface area contributed by atoms with E-state index in [2.05, 4.69) is 15.4 Å². The zero-order chi connectivity index (χ0) is 19.5. The predicted octanol–water partition coefficient (Wildman–Crippen LogP) is -0.741. The van der Waals surface area contributed by atoms with Crippen molar-refractivity contribution in [1.82, 2.24) is 10.6 Å². The van der Waals surface area contributed by atoms with E-state index in [1.807, 2.05) is 0 Å². The van der Waals surface area contributed by atoms with Crippen molar-refractivity contribution in [2.24, 2.45) is 0 Å². The Morgan fingerprint density at radius 3 is 2.41 bits per heavy atom. The number of ether oxygens (including phenoxy) is 5. The van der Waals surface area contributed by atoms with Crippen molar-refractivity contribution < 1.29 is 38.1 Å². The summed E-state index contributed by atoms with van der Waals surface area (Å²) >= 11 is 0. The van der Waals surface area contributed by atoms with Gasteiger partial charge in [0.1, 0.15) is 0 Å². The first-order chi connectivity index (χ1) is 13.1. The maximum absolute atomic E-state index is 11.9. The molecule has 0 spiro atoms. The molecule has 0 aliphatic carbocycles. The van der Waals surface area contributed by atoms with Gasteiger partial charge in [-0.15, -0.1) is 0 Å².